The summed E-state index contributed by atoms with van der Waals surface area (Å²) in [6, 6.07) is 6.13. The Morgan fingerprint density at radius 3 is 2.80 bits per heavy atom. The maximum absolute atomic E-state index is 10.5. The largest absolute Gasteiger partial charge is 0.508 e. The van der Waals surface area contributed by atoms with Crippen LogP contribution in [0.25, 0.3) is 11.4 Å². The highest BCUT2D eigenvalue weighted by atomic mass is 16.5. The quantitative estimate of drug-likeness (QED) is 0.764. The minimum atomic E-state index is -1.28. The summed E-state index contributed by atoms with van der Waals surface area (Å²) >= 11 is 0. The molecule has 15 heavy (non-hydrogen) atoms. The Labute approximate surface area is 83.8 Å². The Hall–Kier alpha value is -2.37. The van der Waals surface area contributed by atoms with Crippen LogP contribution in [0.1, 0.15) is 10.7 Å². The van der Waals surface area contributed by atoms with Gasteiger partial charge in [-0.2, -0.15) is 4.98 Å². The molecule has 0 aliphatic rings. The summed E-state index contributed by atoms with van der Waals surface area (Å²) in [6.45, 7) is 0. The molecule has 0 saturated carbocycles. The number of phenolic OH excluding ortho intramolecular Hbond substituents is 1. The molecule has 0 bridgehead atoms. The SMILES string of the molecule is O=C(O)c1nc(-c2cccc(O)c2)no1. The van der Waals surface area contributed by atoms with E-state index in [1.807, 2.05) is 0 Å². The summed E-state index contributed by atoms with van der Waals surface area (Å²) in [5.74, 6) is -1.58. The molecular formula is C9H6N2O4. The number of nitrogens with zero attached hydrogens (tertiary/aromatic N) is 2. The molecule has 0 amide bonds. The van der Waals surface area contributed by atoms with E-state index in [0.29, 0.717) is 5.56 Å². The number of carbonyl (C=O) groups is 1. The molecule has 0 aliphatic heterocycles. The zero-order valence-corrected chi connectivity index (χ0v) is 7.41. The van der Waals surface area contributed by atoms with Gasteiger partial charge in [-0.3, -0.25) is 0 Å². The van der Waals surface area contributed by atoms with Crippen molar-refractivity contribution in [1.29, 1.82) is 0 Å². The second-order valence-electron chi connectivity index (χ2n) is 2.78. The Bertz CT molecular complexity index is 506. The van der Waals surface area contributed by atoms with E-state index >= 15 is 0 Å². The number of aromatic hydroxyl groups is 1. The number of hydrogen-bond donors (Lipinski definition) is 2. The van der Waals surface area contributed by atoms with E-state index < -0.39 is 11.9 Å². The first-order valence-electron chi connectivity index (χ1n) is 4.03. The zero-order valence-electron chi connectivity index (χ0n) is 7.41. The molecule has 0 aliphatic carbocycles. The van der Waals surface area contributed by atoms with Gasteiger partial charge in [0.1, 0.15) is 5.75 Å². The highest BCUT2D eigenvalue weighted by Gasteiger charge is 2.14. The van der Waals surface area contributed by atoms with Crippen molar-refractivity contribution in [2.24, 2.45) is 0 Å². The van der Waals surface area contributed by atoms with Crippen LogP contribution in [0, 0.1) is 0 Å². The number of phenols is 1. The van der Waals surface area contributed by atoms with Gasteiger partial charge in [0.15, 0.2) is 0 Å². The molecule has 76 valence electrons. The molecule has 1 aromatic carbocycles. The van der Waals surface area contributed by atoms with Crippen LogP contribution in [-0.2, 0) is 0 Å². The van der Waals surface area contributed by atoms with Crippen LogP contribution in [0.5, 0.6) is 5.75 Å². The lowest BCUT2D eigenvalue weighted by atomic mass is 10.2. The smallest absolute Gasteiger partial charge is 0.394 e. The molecule has 6 heteroatoms. The van der Waals surface area contributed by atoms with E-state index in [1.54, 1.807) is 12.1 Å². The molecule has 6 nitrogen and oxygen atoms in total. The number of aromatic carboxylic acids is 1. The minimum absolute atomic E-state index is 0.0502. The van der Waals surface area contributed by atoms with Gasteiger partial charge in [-0.1, -0.05) is 17.3 Å². The second kappa shape index (κ2) is 3.41. The number of benzene rings is 1. The van der Waals surface area contributed by atoms with Crippen LogP contribution in [0.3, 0.4) is 0 Å². The molecule has 0 radical (unpaired) electrons. The van der Waals surface area contributed by atoms with Crippen molar-refractivity contribution < 1.29 is 19.5 Å². The van der Waals surface area contributed by atoms with Crippen molar-refractivity contribution in [3.8, 4) is 17.1 Å². The van der Waals surface area contributed by atoms with E-state index in [4.69, 9.17) is 5.11 Å². The first-order chi connectivity index (χ1) is 7.16. The lowest BCUT2D eigenvalue weighted by Crippen LogP contribution is -1.95. The van der Waals surface area contributed by atoms with Crippen molar-refractivity contribution in [3.63, 3.8) is 0 Å². The molecule has 0 fully saturated rings. The molecule has 1 heterocycles. The Balaban J connectivity index is 2.41. The summed E-state index contributed by atoms with van der Waals surface area (Å²) in [6.07, 6.45) is 0. The molecule has 2 rings (SSSR count). The van der Waals surface area contributed by atoms with Crippen LogP contribution < -0.4 is 0 Å². The summed E-state index contributed by atoms with van der Waals surface area (Å²) in [7, 11) is 0. The third-order valence-corrected chi connectivity index (χ3v) is 1.71. The number of carboxylic acids is 1. The molecular weight excluding hydrogens is 200 g/mol. The molecule has 0 saturated heterocycles. The molecule has 2 N–H and O–H groups in total. The van der Waals surface area contributed by atoms with Gasteiger partial charge in [-0.05, 0) is 12.1 Å². The normalized spacial score (nSPS) is 10.1. The third kappa shape index (κ3) is 1.78. The van der Waals surface area contributed by atoms with E-state index in [-0.39, 0.29) is 11.6 Å². The fraction of sp³-hybridized carbons (Fsp3) is 0. The molecule has 0 unspecified atom stereocenters. The Morgan fingerprint density at radius 1 is 1.40 bits per heavy atom. The van der Waals surface area contributed by atoms with Crippen molar-refractivity contribution in [3.05, 3.63) is 30.2 Å². The van der Waals surface area contributed by atoms with Gasteiger partial charge >= 0.3 is 11.9 Å². The van der Waals surface area contributed by atoms with Gasteiger partial charge in [-0.15, -0.1) is 0 Å². The lowest BCUT2D eigenvalue weighted by molar-refractivity contribution is 0.0643. The zero-order chi connectivity index (χ0) is 10.8. The van der Waals surface area contributed by atoms with Crippen LogP contribution in [0.15, 0.2) is 28.8 Å². The van der Waals surface area contributed by atoms with Gasteiger partial charge in [0.05, 0.1) is 0 Å². The average Bonchev–Trinajstić information content (AvgIpc) is 2.66. The maximum Gasteiger partial charge on any atom is 0.394 e. The third-order valence-electron chi connectivity index (χ3n) is 1.71. The second-order valence-corrected chi connectivity index (χ2v) is 2.78. The predicted molar refractivity (Wildman–Crippen MR) is 48.4 cm³/mol. The summed E-state index contributed by atoms with van der Waals surface area (Å²) < 4.78 is 4.48. The minimum Gasteiger partial charge on any atom is -0.508 e. The van der Waals surface area contributed by atoms with E-state index in [1.165, 1.54) is 12.1 Å². The highest BCUT2D eigenvalue weighted by Crippen LogP contribution is 2.20. The predicted octanol–water partition coefficient (Wildman–Crippen LogP) is 1.14. The Kier molecular flexibility index (Phi) is 2.09. The van der Waals surface area contributed by atoms with Crippen LogP contribution >= 0.6 is 0 Å². The summed E-state index contributed by atoms with van der Waals surface area (Å²) in [4.78, 5) is 14.1. The molecule has 0 atom stereocenters. The summed E-state index contributed by atoms with van der Waals surface area (Å²) in [5.41, 5.74) is 0.492. The van der Waals surface area contributed by atoms with Crippen LogP contribution in [0.4, 0.5) is 0 Å². The van der Waals surface area contributed by atoms with Crippen molar-refractivity contribution in [1.82, 2.24) is 10.1 Å². The lowest BCUT2D eigenvalue weighted by Gasteiger charge is -1.93. The van der Waals surface area contributed by atoms with Crippen molar-refractivity contribution in [2.45, 2.75) is 0 Å². The molecule has 0 spiro atoms. The van der Waals surface area contributed by atoms with E-state index in [0.717, 1.165) is 0 Å². The number of rotatable bonds is 2. The fourth-order valence-corrected chi connectivity index (χ4v) is 1.07. The number of hydrogen-bond acceptors (Lipinski definition) is 5. The van der Waals surface area contributed by atoms with Crippen LogP contribution in [0.2, 0.25) is 0 Å². The molecule has 1 aromatic heterocycles. The first kappa shape index (κ1) is 9.20. The highest BCUT2D eigenvalue weighted by molar-refractivity contribution is 5.82. The molecule has 2 aromatic rings. The van der Waals surface area contributed by atoms with E-state index in [9.17, 15) is 9.90 Å². The van der Waals surface area contributed by atoms with Gasteiger partial charge in [0.2, 0.25) is 5.82 Å². The summed E-state index contributed by atoms with van der Waals surface area (Å²) in [5, 5.41) is 21.2. The van der Waals surface area contributed by atoms with Gasteiger partial charge in [-0.25, -0.2) is 4.79 Å². The number of carboxylic acid groups (broad SMARTS) is 1. The first-order valence-corrected chi connectivity index (χ1v) is 4.03. The van der Waals surface area contributed by atoms with Gasteiger partial charge in [0.25, 0.3) is 0 Å². The topological polar surface area (TPSA) is 96.5 Å². The average molecular weight is 206 g/mol. The maximum atomic E-state index is 10.5. The number of aromatic nitrogens is 2. The van der Waals surface area contributed by atoms with E-state index in [2.05, 4.69) is 14.7 Å². The van der Waals surface area contributed by atoms with Crippen molar-refractivity contribution in [2.75, 3.05) is 0 Å². The van der Waals surface area contributed by atoms with Crippen molar-refractivity contribution >= 4 is 5.97 Å². The van der Waals surface area contributed by atoms with Crippen LogP contribution in [-0.4, -0.2) is 26.3 Å². The van der Waals surface area contributed by atoms with Gasteiger partial charge < -0.3 is 14.7 Å². The van der Waals surface area contributed by atoms with Gasteiger partial charge in [0, 0.05) is 5.56 Å². The monoisotopic (exact) mass is 206 g/mol. The fourth-order valence-electron chi connectivity index (χ4n) is 1.07. The Morgan fingerprint density at radius 2 is 2.20 bits per heavy atom. The standard InChI is InChI=1S/C9H6N2O4/c12-6-3-1-2-5(4-6)7-10-8(9(13)14)15-11-7/h1-4,12H,(H,13,14).